The van der Waals surface area contributed by atoms with Gasteiger partial charge in [-0.15, -0.1) is 0 Å². The Kier molecular flexibility index (Phi) is 10.0. The van der Waals surface area contributed by atoms with Crippen molar-refractivity contribution in [3.63, 3.8) is 0 Å². The summed E-state index contributed by atoms with van der Waals surface area (Å²) in [6, 6.07) is 11.7. The van der Waals surface area contributed by atoms with Crippen LogP contribution in [0.2, 0.25) is 0 Å². The Bertz CT molecular complexity index is 1690. The van der Waals surface area contributed by atoms with Crippen LogP contribution < -0.4 is 20.9 Å². The molecule has 2 heterocycles. The molecule has 242 valence electrons. The van der Waals surface area contributed by atoms with Gasteiger partial charge in [0.15, 0.2) is 11.9 Å². The molecule has 3 N–H and O–H groups in total. The molecule has 3 aromatic rings. The van der Waals surface area contributed by atoms with E-state index in [1.54, 1.807) is 38.1 Å². The molecule has 1 fully saturated rings. The molecule has 1 saturated heterocycles. The minimum absolute atomic E-state index is 0.0295. The number of aromatic nitrogens is 2. The third kappa shape index (κ3) is 7.90. The third-order valence-electron chi connectivity index (χ3n) is 6.78. The van der Waals surface area contributed by atoms with Gasteiger partial charge < -0.3 is 19.1 Å². The molecule has 0 saturated carbocycles. The van der Waals surface area contributed by atoms with Gasteiger partial charge in [0.2, 0.25) is 0 Å². The number of non-ortho nitro benzene ring substituents is 1. The Labute approximate surface area is 255 Å². The highest BCUT2D eigenvalue weighted by Gasteiger charge is 2.56. The molecule has 0 spiro atoms. The first-order chi connectivity index (χ1) is 21.1. The highest BCUT2D eigenvalue weighted by Crippen LogP contribution is 2.47. The fourth-order valence-corrected chi connectivity index (χ4v) is 5.97. The standard InChI is InChI=1S/C28H32FN4O11P/c1-16(2)42-25(36)17(3)31-45(40,44-21-11-7-19(8-12-21)18-5-9-20(10-6-18)33(38)39)41-15-22-24(35)28(4,29)26(43-22)32-14-13-23(34)30-27(32)37/h5-14,16-17,22,24,26,35H,15H2,1-4H3,(H,31,40)(H,30,34,37)/t17-,22+,24+,26+,28+,45?/m0/s1. The lowest BCUT2D eigenvalue weighted by Gasteiger charge is -2.25. The van der Waals surface area contributed by atoms with E-state index in [0.29, 0.717) is 11.1 Å². The number of benzene rings is 2. The molecule has 4 rings (SSSR count). The summed E-state index contributed by atoms with van der Waals surface area (Å²) in [6.07, 6.45) is -4.49. The van der Waals surface area contributed by atoms with Gasteiger partial charge in [0, 0.05) is 24.4 Å². The third-order valence-corrected chi connectivity index (χ3v) is 8.42. The zero-order chi connectivity index (χ0) is 33.1. The Morgan fingerprint density at radius 1 is 1.16 bits per heavy atom. The van der Waals surface area contributed by atoms with Crippen LogP contribution >= 0.6 is 7.75 Å². The lowest BCUT2D eigenvalue weighted by molar-refractivity contribution is -0.384. The van der Waals surface area contributed by atoms with Crippen LogP contribution in [0.4, 0.5) is 10.1 Å². The van der Waals surface area contributed by atoms with Crippen LogP contribution in [0.25, 0.3) is 11.1 Å². The first kappa shape index (κ1) is 33.7. The summed E-state index contributed by atoms with van der Waals surface area (Å²) in [5, 5.41) is 24.1. The predicted molar refractivity (Wildman–Crippen MR) is 157 cm³/mol. The number of nitrogens with zero attached hydrogens (tertiary/aromatic N) is 2. The van der Waals surface area contributed by atoms with Crippen LogP contribution in [0.15, 0.2) is 70.4 Å². The second-order valence-electron chi connectivity index (χ2n) is 10.7. The molecule has 2 aromatic carbocycles. The molecule has 0 radical (unpaired) electrons. The van der Waals surface area contributed by atoms with Crippen molar-refractivity contribution in [2.75, 3.05) is 6.61 Å². The normalized spacial score (nSPS) is 23.3. The van der Waals surface area contributed by atoms with Gasteiger partial charge in [-0.2, -0.15) is 5.09 Å². The summed E-state index contributed by atoms with van der Waals surface area (Å²) in [5.41, 5.74) is -3.00. The monoisotopic (exact) mass is 650 g/mol. The summed E-state index contributed by atoms with van der Waals surface area (Å²) < 4.78 is 52.3. The van der Waals surface area contributed by atoms with Crippen LogP contribution in [0.5, 0.6) is 5.75 Å². The Hall–Kier alpha value is -4.21. The molecule has 15 nitrogen and oxygen atoms in total. The number of nitro benzene ring substituents is 1. The topological polar surface area (TPSA) is 201 Å². The van der Waals surface area contributed by atoms with E-state index in [-0.39, 0.29) is 11.4 Å². The summed E-state index contributed by atoms with van der Waals surface area (Å²) in [4.78, 5) is 48.6. The second-order valence-corrected chi connectivity index (χ2v) is 12.4. The number of H-pyrrole nitrogens is 1. The van der Waals surface area contributed by atoms with E-state index in [2.05, 4.69) is 5.09 Å². The number of carbonyl (C=O) groups excluding carboxylic acids is 1. The average Bonchev–Trinajstić information content (AvgIpc) is 3.19. The van der Waals surface area contributed by atoms with E-state index < -0.39 is 72.7 Å². The number of carbonyl (C=O) groups is 1. The van der Waals surface area contributed by atoms with E-state index in [1.807, 2.05) is 4.98 Å². The second kappa shape index (κ2) is 13.4. The molecule has 1 aliphatic rings. The smallest absolute Gasteiger partial charge is 0.459 e. The minimum Gasteiger partial charge on any atom is -0.462 e. The maximum absolute atomic E-state index is 15.6. The first-order valence-corrected chi connectivity index (χ1v) is 15.2. The minimum atomic E-state index is -4.48. The molecule has 1 aromatic heterocycles. The molecule has 17 heteroatoms. The highest BCUT2D eigenvalue weighted by molar-refractivity contribution is 7.52. The van der Waals surface area contributed by atoms with Crippen molar-refractivity contribution in [1.82, 2.24) is 14.6 Å². The summed E-state index contributed by atoms with van der Waals surface area (Å²) in [6.45, 7) is 4.89. The van der Waals surface area contributed by atoms with Gasteiger partial charge in [-0.1, -0.05) is 12.1 Å². The SMILES string of the molecule is CC(C)OC(=O)[C@H](C)NP(=O)(OC[C@H]1O[C@@H](n2ccc(=O)[nH]c2=O)[C@](C)(F)[C@@H]1O)Oc1ccc(-c2ccc([N+](=O)[O-])cc2)cc1. The number of aliphatic hydroxyl groups is 1. The fourth-order valence-electron chi connectivity index (χ4n) is 4.47. The molecule has 45 heavy (non-hydrogen) atoms. The van der Waals surface area contributed by atoms with Gasteiger partial charge in [0.1, 0.15) is 24.0 Å². The van der Waals surface area contributed by atoms with E-state index in [0.717, 1.165) is 23.8 Å². The molecule has 1 aliphatic heterocycles. The number of nitro groups is 1. The quantitative estimate of drug-likeness (QED) is 0.112. The van der Waals surface area contributed by atoms with E-state index in [9.17, 15) is 34.2 Å². The molecule has 0 bridgehead atoms. The van der Waals surface area contributed by atoms with Crippen LogP contribution in [0, 0.1) is 10.1 Å². The van der Waals surface area contributed by atoms with Crippen molar-refractivity contribution in [2.24, 2.45) is 0 Å². The van der Waals surface area contributed by atoms with Crippen LogP contribution in [-0.2, 0) is 23.4 Å². The van der Waals surface area contributed by atoms with Gasteiger partial charge in [0.25, 0.3) is 11.2 Å². The lowest BCUT2D eigenvalue weighted by atomic mass is 9.98. The highest BCUT2D eigenvalue weighted by atomic mass is 31.2. The number of aromatic amines is 1. The molecule has 0 amide bonds. The van der Waals surface area contributed by atoms with E-state index in [1.165, 1.54) is 31.2 Å². The number of esters is 1. The average molecular weight is 651 g/mol. The van der Waals surface area contributed by atoms with Crippen molar-refractivity contribution < 1.29 is 42.3 Å². The van der Waals surface area contributed by atoms with Crippen molar-refractivity contribution in [1.29, 1.82) is 0 Å². The number of rotatable bonds is 12. The molecule has 0 aliphatic carbocycles. The summed E-state index contributed by atoms with van der Waals surface area (Å²) in [7, 11) is -4.48. The van der Waals surface area contributed by atoms with Crippen LogP contribution in [0.1, 0.15) is 33.9 Å². The number of alkyl halides is 1. The number of hydrogen-bond acceptors (Lipinski definition) is 11. The summed E-state index contributed by atoms with van der Waals surface area (Å²) >= 11 is 0. The number of hydrogen-bond donors (Lipinski definition) is 3. The van der Waals surface area contributed by atoms with Gasteiger partial charge in [-0.25, -0.2) is 13.8 Å². The molecular formula is C28H32FN4O11P. The summed E-state index contributed by atoms with van der Waals surface area (Å²) in [5.74, 6) is -0.737. The van der Waals surface area contributed by atoms with Crippen LogP contribution in [-0.4, -0.2) is 62.2 Å². The maximum atomic E-state index is 15.6. The molecule has 1 unspecified atom stereocenters. The van der Waals surface area contributed by atoms with Crippen molar-refractivity contribution in [3.8, 4) is 16.9 Å². The molecular weight excluding hydrogens is 618 g/mol. The van der Waals surface area contributed by atoms with Gasteiger partial charge in [-0.3, -0.25) is 33.8 Å². The van der Waals surface area contributed by atoms with Gasteiger partial charge in [0.05, 0.1) is 17.6 Å². The first-order valence-electron chi connectivity index (χ1n) is 13.7. The largest absolute Gasteiger partial charge is 0.462 e. The number of aliphatic hydroxyl groups excluding tert-OH is 1. The number of ether oxygens (including phenoxy) is 2. The lowest BCUT2D eigenvalue weighted by Crippen LogP contribution is -2.43. The number of nitrogens with one attached hydrogen (secondary N) is 2. The van der Waals surface area contributed by atoms with Crippen molar-refractivity contribution in [3.05, 3.63) is 91.7 Å². The van der Waals surface area contributed by atoms with E-state index >= 15 is 4.39 Å². The predicted octanol–water partition coefficient (Wildman–Crippen LogP) is 3.23. The fraction of sp³-hybridized carbons (Fsp3) is 0.393. The van der Waals surface area contributed by atoms with Gasteiger partial charge in [-0.05, 0) is 63.1 Å². The van der Waals surface area contributed by atoms with Crippen molar-refractivity contribution >= 4 is 19.4 Å². The van der Waals surface area contributed by atoms with E-state index in [4.69, 9.17) is 18.5 Å². The molecule has 6 atom stereocenters. The Morgan fingerprint density at radius 2 is 1.76 bits per heavy atom. The Balaban J connectivity index is 1.54. The van der Waals surface area contributed by atoms with Crippen molar-refractivity contribution in [2.45, 2.75) is 63.9 Å². The Morgan fingerprint density at radius 3 is 2.31 bits per heavy atom. The maximum Gasteiger partial charge on any atom is 0.459 e. The number of halogens is 1. The zero-order valence-corrected chi connectivity index (χ0v) is 25.5. The van der Waals surface area contributed by atoms with Crippen LogP contribution in [0.3, 0.4) is 0 Å². The zero-order valence-electron chi connectivity index (χ0n) is 24.6. The van der Waals surface area contributed by atoms with Gasteiger partial charge >= 0.3 is 19.4 Å².